The van der Waals surface area contributed by atoms with Crippen molar-refractivity contribution < 1.29 is 4.79 Å². The maximum absolute atomic E-state index is 16.0. The largest absolute Gasteiger partial charge is 0.399 e. The van der Waals surface area contributed by atoms with E-state index in [1.54, 1.807) is 0 Å². The summed E-state index contributed by atoms with van der Waals surface area (Å²) in [6.45, 7) is 9.31. The SMILES string of the molecule is CC1(C)c2ccccc2-c2ccc(-c3ccc(C4=C(c5cccc(-c6ccc(N)cc6)c5)C(=O)C(c5cccc(-c6ccc(N)cc6)c5)=C4c4ccc(-c5ccc6c(c5)C(C)(C)c5ccccc5-6)cc4)cc3)cc21. The lowest BCUT2D eigenvalue weighted by Crippen LogP contribution is -2.14. The van der Waals surface area contributed by atoms with Crippen molar-refractivity contribution in [2.24, 2.45) is 0 Å². The number of ketones is 1. The molecule has 0 atom stereocenters. The molecule has 10 aromatic carbocycles. The lowest BCUT2D eigenvalue weighted by Gasteiger charge is -2.22. The van der Waals surface area contributed by atoms with Gasteiger partial charge in [-0.05, 0) is 160 Å². The molecule has 10 aromatic rings. The molecule has 3 nitrogen and oxygen atoms in total. The van der Waals surface area contributed by atoms with E-state index >= 15 is 4.79 Å². The van der Waals surface area contributed by atoms with Gasteiger partial charge in [0.2, 0.25) is 0 Å². The topological polar surface area (TPSA) is 69.1 Å². The van der Waals surface area contributed by atoms with Crippen LogP contribution >= 0.6 is 0 Å². The molecule has 4 N–H and O–H groups in total. The third-order valence-corrected chi connectivity index (χ3v) is 16.2. The van der Waals surface area contributed by atoms with Gasteiger partial charge in [0.05, 0.1) is 0 Å². The highest BCUT2D eigenvalue weighted by Gasteiger charge is 2.38. The zero-order chi connectivity index (χ0) is 50.5. The first-order valence-corrected chi connectivity index (χ1v) is 25.6. The number of allylic oxidation sites excluding steroid dienone is 4. The number of carbonyl (C=O) groups is 1. The lowest BCUT2D eigenvalue weighted by molar-refractivity contribution is -0.108. The molecule has 0 aliphatic heterocycles. The molecule has 0 aromatic heterocycles. The first kappa shape index (κ1) is 44.9. The number of nitrogen functional groups attached to an aromatic ring is 2. The van der Waals surface area contributed by atoms with E-state index in [0.29, 0.717) is 22.5 Å². The van der Waals surface area contributed by atoms with Crippen LogP contribution in [0.4, 0.5) is 11.4 Å². The van der Waals surface area contributed by atoms with Crippen LogP contribution in [0.2, 0.25) is 0 Å². The van der Waals surface area contributed by atoms with Crippen LogP contribution in [0.25, 0.3) is 89.1 Å². The highest BCUT2D eigenvalue weighted by molar-refractivity contribution is 6.59. The molecule has 3 aliphatic carbocycles. The van der Waals surface area contributed by atoms with Crippen molar-refractivity contribution in [3.05, 3.63) is 275 Å². The van der Waals surface area contributed by atoms with Gasteiger partial charge in [0.1, 0.15) is 0 Å². The molecule has 0 fully saturated rings. The first-order valence-electron chi connectivity index (χ1n) is 25.6. The maximum Gasteiger partial charge on any atom is 0.195 e. The summed E-state index contributed by atoms with van der Waals surface area (Å²) in [5.74, 6) is -0.0205. The summed E-state index contributed by atoms with van der Waals surface area (Å²) in [6.07, 6.45) is 0. The number of Topliss-reactive ketones (excluding diaryl/α,β-unsaturated/α-hetero) is 1. The molecular weight excluding hydrogens is 897 g/mol. The third-order valence-electron chi connectivity index (χ3n) is 16.2. The molecule has 0 spiro atoms. The standard InChI is InChI=1S/C71H54N2O/c1-70(2)61-17-7-5-15-57(61)59-37-31-51(41-63(59)70)43-19-23-47(24-20-43)65-66(48-25-21-44(22-26-48)52-32-38-60-58-16-6-8-18-62(58)71(3,4)64(60)42-52)68(54-14-10-12-50(40-54)46-29-35-56(73)36-30-46)69(74)67(65)53-13-9-11-49(39-53)45-27-33-55(72)34-28-45/h5-42H,72-73H2,1-4H3. The lowest BCUT2D eigenvalue weighted by atomic mass is 9.81. The Morgan fingerprint density at radius 1 is 0.257 bits per heavy atom. The van der Waals surface area contributed by atoms with E-state index in [2.05, 4.69) is 210 Å². The van der Waals surface area contributed by atoms with Gasteiger partial charge in [-0.25, -0.2) is 0 Å². The molecule has 74 heavy (non-hydrogen) atoms. The number of hydrogen-bond acceptors (Lipinski definition) is 3. The fraction of sp³-hybridized carbons (Fsp3) is 0.0845. The normalized spacial score (nSPS) is 14.7. The minimum atomic E-state index is -0.119. The predicted octanol–water partition coefficient (Wildman–Crippen LogP) is 17.2. The summed E-state index contributed by atoms with van der Waals surface area (Å²) >= 11 is 0. The predicted molar refractivity (Wildman–Crippen MR) is 310 cm³/mol. The number of nitrogens with two attached hydrogens (primary N) is 2. The van der Waals surface area contributed by atoms with Crippen molar-refractivity contribution >= 4 is 39.5 Å². The van der Waals surface area contributed by atoms with Crippen molar-refractivity contribution in [2.75, 3.05) is 11.5 Å². The minimum absolute atomic E-state index is 0.0205. The van der Waals surface area contributed by atoms with E-state index in [0.717, 1.165) is 77.9 Å². The molecule has 3 heteroatoms. The van der Waals surface area contributed by atoms with Crippen LogP contribution in [0.5, 0.6) is 0 Å². The molecule has 0 amide bonds. The molecule has 0 radical (unpaired) electrons. The zero-order valence-corrected chi connectivity index (χ0v) is 42.0. The second-order valence-electron chi connectivity index (χ2n) is 21.3. The minimum Gasteiger partial charge on any atom is -0.399 e. The Bertz CT molecular complexity index is 3740. The number of benzene rings is 10. The number of anilines is 2. The van der Waals surface area contributed by atoms with Crippen molar-refractivity contribution in [1.29, 1.82) is 0 Å². The number of rotatable bonds is 8. The Hall–Kier alpha value is -9.05. The van der Waals surface area contributed by atoms with E-state index in [1.165, 1.54) is 44.5 Å². The van der Waals surface area contributed by atoms with Gasteiger partial charge >= 0.3 is 0 Å². The third kappa shape index (κ3) is 7.22. The molecular formula is C71H54N2O. The van der Waals surface area contributed by atoms with Gasteiger partial charge in [-0.1, -0.05) is 210 Å². The van der Waals surface area contributed by atoms with Crippen LogP contribution in [-0.2, 0) is 15.6 Å². The molecule has 0 heterocycles. The molecule has 0 unspecified atom stereocenters. The van der Waals surface area contributed by atoms with Crippen LogP contribution in [0, 0.1) is 0 Å². The molecule has 0 bridgehead atoms. The van der Waals surface area contributed by atoms with Crippen LogP contribution in [0.15, 0.2) is 231 Å². The summed E-state index contributed by atoms with van der Waals surface area (Å²) < 4.78 is 0. The Labute approximate surface area is 433 Å². The summed E-state index contributed by atoms with van der Waals surface area (Å²) in [4.78, 5) is 16.0. The van der Waals surface area contributed by atoms with E-state index in [-0.39, 0.29) is 16.6 Å². The van der Waals surface area contributed by atoms with Gasteiger partial charge in [-0.2, -0.15) is 0 Å². The smallest absolute Gasteiger partial charge is 0.195 e. The van der Waals surface area contributed by atoms with Crippen LogP contribution in [0.1, 0.15) is 72.2 Å². The van der Waals surface area contributed by atoms with E-state index < -0.39 is 0 Å². The monoisotopic (exact) mass is 950 g/mol. The quantitative estimate of drug-likeness (QED) is 0.149. The van der Waals surface area contributed by atoms with E-state index in [4.69, 9.17) is 11.5 Å². The van der Waals surface area contributed by atoms with E-state index in [1.807, 2.05) is 48.5 Å². The number of hydrogen-bond donors (Lipinski definition) is 2. The van der Waals surface area contributed by atoms with Crippen molar-refractivity contribution in [2.45, 2.75) is 38.5 Å². The Morgan fingerprint density at radius 3 is 0.946 bits per heavy atom. The van der Waals surface area contributed by atoms with Gasteiger partial charge in [0.25, 0.3) is 0 Å². The highest BCUT2D eigenvalue weighted by atomic mass is 16.1. The van der Waals surface area contributed by atoms with Gasteiger partial charge < -0.3 is 11.5 Å². The van der Waals surface area contributed by atoms with Crippen LogP contribution in [0.3, 0.4) is 0 Å². The van der Waals surface area contributed by atoms with Gasteiger partial charge in [-0.3, -0.25) is 4.79 Å². The van der Waals surface area contributed by atoms with Crippen molar-refractivity contribution in [3.63, 3.8) is 0 Å². The second-order valence-corrected chi connectivity index (χ2v) is 21.3. The molecule has 354 valence electrons. The number of carbonyl (C=O) groups excluding carboxylic acids is 1. The Kier molecular flexibility index (Phi) is 10.3. The van der Waals surface area contributed by atoms with Gasteiger partial charge in [0.15, 0.2) is 5.78 Å². The van der Waals surface area contributed by atoms with Crippen LogP contribution in [-0.4, -0.2) is 5.78 Å². The number of fused-ring (bicyclic) bond motifs is 6. The molecule has 13 rings (SSSR count). The van der Waals surface area contributed by atoms with Crippen LogP contribution < -0.4 is 11.5 Å². The highest BCUT2D eigenvalue weighted by Crippen LogP contribution is 2.53. The summed E-state index contributed by atoms with van der Waals surface area (Å²) in [5, 5.41) is 0. The average Bonchev–Trinajstić information content (AvgIpc) is 3.96. The summed E-state index contributed by atoms with van der Waals surface area (Å²) in [6, 6.07) is 81.7. The van der Waals surface area contributed by atoms with Crippen molar-refractivity contribution in [3.8, 4) is 66.8 Å². The van der Waals surface area contributed by atoms with E-state index in [9.17, 15) is 0 Å². The fourth-order valence-corrected chi connectivity index (χ4v) is 12.2. The maximum atomic E-state index is 16.0. The van der Waals surface area contributed by atoms with Gasteiger partial charge in [-0.15, -0.1) is 0 Å². The molecule has 3 aliphatic rings. The fourth-order valence-electron chi connectivity index (χ4n) is 12.2. The summed E-state index contributed by atoms with van der Waals surface area (Å²) in [7, 11) is 0. The average molecular weight is 951 g/mol. The molecule has 0 saturated carbocycles. The summed E-state index contributed by atoms with van der Waals surface area (Å²) in [5.41, 5.74) is 39.5. The first-order chi connectivity index (χ1) is 35.9. The molecule has 0 saturated heterocycles. The van der Waals surface area contributed by atoms with Crippen molar-refractivity contribution in [1.82, 2.24) is 0 Å². The Morgan fingerprint density at radius 2 is 0.554 bits per heavy atom. The zero-order valence-electron chi connectivity index (χ0n) is 42.0. The Balaban J connectivity index is 0.988. The van der Waals surface area contributed by atoms with Gasteiger partial charge in [0, 0.05) is 44.5 Å². The second kappa shape index (κ2) is 17.0.